The molecule has 1 saturated heterocycles. The first kappa shape index (κ1) is 13.7. The van der Waals surface area contributed by atoms with Crippen molar-refractivity contribution in [3.63, 3.8) is 0 Å². The molecule has 1 rings (SSSR count). The predicted octanol–water partition coefficient (Wildman–Crippen LogP) is 1.81. The van der Waals surface area contributed by atoms with Crippen LogP contribution >= 0.6 is 0 Å². The third-order valence-corrected chi connectivity index (χ3v) is 3.01. The zero-order valence-corrected chi connectivity index (χ0v) is 10.6. The molecule has 2 unspecified atom stereocenters. The first-order valence-corrected chi connectivity index (χ1v) is 6.30. The summed E-state index contributed by atoms with van der Waals surface area (Å²) in [5.41, 5.74) is 1.13. The van der Waals surface area contributed by atoms with Crippen molar-refractivity contribution in [1.29, 1.82) is 0 Å². The average molecular weight is 227 g/mol. The van der Waals surface area contributed by atoms with Crippen molar-refractivity contribution in [3.8, 4) is 0 Å². The quantitative estimate of drug-likeness (QED) is 0.703. The number of nitrogens with zero attached hydrogens (tertiary/aromatic N) is 1. The molecule has 1 aliphatic heterocycles. The zero-order valence-electron chi connectivity index (χ0n) is 10.6. The highest BCUT2D eigenvalue weighted by Gasteiger charge is 2.25. The molecule has 94 valence electrons. The first-order valence-electron chi connectivity index (χ1n) is 6.30. The number of ether oxygens (including phenoxy) is 1. The van der Waals surface area contributed by atoms with E-state index in [1.807, 2.05) is 6.92 Å². The summed E-state index contributed by atoms with van der Waals surface area (Å²) in [5, 5.41) is 10.0. The highest BCUT2D eigenvalue weighted by atomic mass is 16.5. The number of allylic oxidation sites excluding steroid dienone is 1. The van der Waals surface area contributed by atoms with E-state index in [1.165, 1.54) is 0 Å². The van der Waals surface area contributed by atoms with E-state index in [1.54, 1.807) is 0 Å². The lowest BCUT2D eigenvalue weighted by atomic mass is 10.0. The molecule has 0 saturated carbocycles. The Morgan fingerprint density at radius 3 is 3.00 bits per heavy atom. The van der Waals surface area contributed by atoms with Crippen LogP contribution in [-0.2, 0) is 4.74 Å². The van der Waals surface area contributed by atoms with Gasteiger partial charge in [0.2, 0.25) is 0 Å². The van der Waals surface area contributed by atoms with Crippen LogP contribution in [-0.4, -0.2) is 48.5 Å². The second-order valence-corrected chi connectivity index (χ2v) is 4.77. The number of aliphatic hydroxyl groups excluding tert-OH is 1. The van der Waals surface area contributed by atoms with Gasteiger partial charge in [-0.05, 0) is 32.7 Å². The van der Waals surface area contributed by atoms with E-state index in [2.05, 4.69) is 18.4 Å². The zero-order chi connectivity index (χ0) is 12.0. The number of morpholine rings is 1. The van der Waals surface area contributed by atoms with Crippen LogP contribution in [0.5, 0.6) is 0 Å². The molecule has 2 atom stereocenters. The Kier molecular flexibility index (Phi) is 6.03. The molecule has 0 aliphatic carbocycles. The van der Waals surface area contributed by atoms with E-state index >= 15 is 0 Å². The second kappa shape index (κ2) is 7.05. The van der Waals surface area contributed by atoms with Crippen LogP contribution in [0.3, 0.4) is 0 Å². The van der Waals surface area contributed by atoms with Crippen LogP contribution in [0.25, 0.3) is 0 Å². The minimum absolute atomic E-state index is 0.0142. The molecule has 16 heavy (non-hydrogen) atoms. The fourth-order valence-corrected chi connectivity index (χ4v) is 2.06. The monoisotopic (exact) mass is 227 g/mol. The lowest BCUT2D eigenvalue weighted by molar-refractivity contribution is -0.0900. The van der Waals surface area contributed by atoms with Crippen molar-refractivity contribution in [2.75, 3.05) is 26.2 Å². The molecule has 3 nitrogen and oxygen atoms in total. The lowest BCUT2D eigenvalue weighted by Gasteiger charge is -2.35. The van der Waals surface area contributed by atoms with Gasteiger partial charge in [-0.1, -0.05) is 12.5 Å². The van der Waals surface area contributed by atoms with Crippen LogP contribution in [0.2, 0.25) is 0 Å². The normalized spacial score (nSPS) is 24.3. The topological polar surface area (TPSA) is 32.7 Å². The van der Waals surface area contributed by atoms with Gasteiger partial charge in [0, 0.05) is 13.1 Å². The molecule has 1 N–H and O–H groups in total. The maximum atomic E-state index is 10.0. The van der Waals surface area contributed by atoms with Gasteiger partial charge >= 0.3 is 0 Å². The molecule has 0 amide bonds. The largest absolute Gasteiger partial charge is 0.390 e. The highest BCUT2D eigenvalue weighted by Crippen LogP contribution is 2.14. The molecule has 0 aromatic rings. The molecule has 0 aromatic carbocycles. The summed E-state index contributed by atoms with van der Waals surface area (Å²) in [7, 11) is 0. The van der Waals surface area contributed by atoms with E-state index in [0.29, 0.717) is 0 Å². The van der Waals surface area contributed by atoms with Gasteiger partial charge in [-0.15, -0.1) is 6.58 Å². The molecular weight excluding hydrogens is 202 g/mol. The number of hydrogen-bond donors (Lipinski definition) is 1. The van der Waals surface area contributed by atoms with Crippen LogP contribution in [0.1, 0.15) is 33.1 Å². The summed E-state index contributed by atoms with van der Waals surface area (Å²) in [4.78, 5) is 2.37. The molecular formula is C13H25NO2. The van der Waals surface area contributed by atoms with Crippen molar-refractivity contribution >= 4 is 0 Å². The Bertz CT molecular complexity index is 216. The third kappa shape index (κ3) is 4.64. The molecule has 0 aromatic heterocycles. The fraction of sp³-hybridized carbons (Fsp3) is 0.846. The molecule has 3 heteroatoms. The van der Waals surface area contributed by atoms with Gasteiger partial charge in [0.15, 0.2) is 0 Å². The van der Waals surface area contributed by atoms with Crippen molar-refractivity contribution < 1.29 is 9.84 Å². The van der Waals surface area contributed by atoms with Crippen LogP contribution < -0.4 is 0 Å². The van der Waals surface area contributed by atoms with Crippen molar-refractivity contribution in [3.05, 3.63) is 12.2 Å². The molecule has 1 fully saturated rings. The summed E-state index contributed by atoms with van der Waals surface area (Å²) in [6, 6.07) is 0. The Hall–Kier alpha value is -0.380. The van der Waals surface area contributed by atoms with E-state index < -0.39 is 0 Å². The van der Waals surface area contributed by atoms with Gasteiger partial charge < -0.3 is 9.84 Å². The molecule has 1 aliphatic rings. The summed E-state index contributed by atoms with van der Waals surface area (Å²) < 4.78 is 5.63. The fourth-order valence-electron chi connectivity index (χ4n) is 2.06. The Morgan fingerprint density at radius 2 is 2.38 bits per heavy atom. The standard InChI is InChI=1S/C13H25NO2/c1-4-7-14-8-9-16-13(10-14)12(15)6-5-11(2)3/h12-13,15H,2,4-10H2,1,3H3. The highest BCUT2D eigenvalue weighted by molar-refractivity contribution is 4.90. The summed E-state index contributed by atoms with van der Waals surface area (Å²) in [6.45, 7) is 11.7. The smallest absolute Gasteiger partial charge is 0.0961 e. The number of aliphatic hydroxyl groups is 1. The average Bonchev–Trinajstić information content (AvgIpc) is 2.26. The summed E-state index contributed by atoms with van der Waals surface area (Å²) in [5.74, 6) is 0. The third-order valence-electron chi connectivity index (χ3n) is 3.01. The Labute approximate surface area is 99.1 Å². The van der Waals surface area contributed by atoms with Gasteiger partial charge in [-0.3, -0.25) is 4.90 Å². The second-order valence-electron chi connectivity index (χ2n) is 4.77. The SMILES string of the molecule is C=C(C)CCC(O)C1CN(CCC)CCO1. The van der Waals surface area contributed by atoms with Crippen LogP contribution in [0.4, 0.5) is 0 Å². The van der Waals surface area contributed by atoms with E-state index in [0.717, 1.165) is 51.1 Å². The minimum Gasteiger partial charge on any atom is -0.390 e. The molecule has 0 spiro atoms. The first-order chi connectivity index (χ1) is 7.63. The van der Waals surface area contributed by atoms with Gasteiger partial charge in [0.1, 0.15) is 0 Å². The van der Waals surface area contributed by atoms with Crippen molar-refractivity contribution in [2.24, 2.45) is 0 Å². The van der Waals surface area contributed by atoms with Crippen LogP contribution in [0.15, 0.2) is 12.2 Å². The summed E-state index contributed by atoms with van der Waals surface area (Å²) in [6.07, 6.45) is 2.44. The maximum Gasteiger partial charge on any atom is 0.0961 e. The maximum absolute atomic E-state index is 10.0. The van der Waals surface area contributed by atoms with Gasteiger partial charge in [-0.25, -0.2) is 0 Å². The molecule has 0 bridgehead atoms. The van der Waals surface area contributed by atoms with Gasteiger partial charge in [0.25, 0.3) is 0 Å². The predicted molar refractivity (Wildman–Crippen MR) is 66.5 cm³/mol. The van der Waals surface area contributed by atoms with Gasteiger partial charge in [-0.2, -0.15) is 0 Å². The van der Waals surface area contributed by atoms with E-state index in [9.17, 15) is 5.11 Å². The number of hydrogen-bond acceptors (Lipinski definition) is 3. The number of rotatable bonds is 6. The summed E-state index contributed by atoms with van der Waals surface area (Å²) >= 11 is 0. The van der Waals surface area contributed by atoms with Gasteiger partial charge in [0.05, 0.1) is 18.8 Å². The molecule has 0 radical (unpaired) electrons. The minimum atomic E-state index is -0.351. The van der Waals surface area contributed by atoms with Crippen molar-refractivity contribution in [2.45, 2.75) is 45.3 Å². The lowest BCUT2D eigenvalue weighted by Crippen LogP contribution is -2.47. The Morgan fingerprint density at radius 1 is 1.62 bits per heavy atom. The van der Waals surface area contributed by atoms with Crippen molar-refractivity contribution in [1.82, 2.24) is 4.90 Å². The van der Waals surface area contributed by atoms with E-state index in [-0.39, 0.29) is 12.2 Å². The molecule has 1 heterocycles. The van der Waals surface area contributed by atoms with Crippen LogP contribution in [0, 0.1) is 0 Å². The Balaban J connectivity index is 2.31. The van der Waals surface area contributed by atoms with E-state index in [4.69, 9.17) is 4.74 Å².